The van der Waals surface area contributed by atoms with Crippen LogP contribution in [0, 0.1) is 13.8 Å². The quantitative estimate of drug-likeness (QED) is 0.781. The first-order valence-corrected chi connectivity index (χ1v) is 8.74. The Labute approximate surface area is 136 Å². The van der Waals surface area contributed by atoms with E-state index in [4.69, 9.17) is 0 Å². The molecular weight excluding hydrogens is 316 g/mol. The summed E-state index contributed by atoms with van der Waals surface area (Å²) in [6.45, 7) is 4.56. The Morgan fingerprint density at radius 3 is 2.91 bits per heavy atom. The summed E-state index contributed by atoms with van der Waals surface area (Å²) in [6.07, 6.45) is 0.714. The van der Waals surface area contributed by atoms with E-state index in [1.165, 1.54) is 11.3 Å². The van der Waals surface area contributed by atoms with Gasteiger partial charge in [0.1, 0.15) is 0 Å². The number of nitrogens with zero attached hydrogens (tertiary/aromatic N) is 3. The molecule has 3 aromatic heterocycles. The first kappa shape index (κ1) is 14.9. The van der Waals surface area contributed by atoms with Crippen molar-refractivity contribution in [3.8, 4) is 5.13 Å². The highest BCUT2D eigenvalue weighted by Crippen LogP contribution is 2.17. The Morgan fingerprint density at radius 2 is 2.23 bits per heavy atom. The number of thiazole rings is 1. The van der Waals surface area contributed by atoms with Crippen molar-refractivity contribution in [3.05, 3.63) is 50.9 Å². The van der Waals surface area contributed by atoms with Gasteiger partial charge < -0.3 is 5.32 Å². The van der Waals surface area contributed by atoms with Gasteiger partial charge in [-0.05, 0) is 31.4 Å². The van der Waals surface area contributed by atoms with Crippen LogP contribution < -0.4 is 5.32 Å². The highest BCUT2D eigenvalue weighted by atomic mass is 32.1. The van der Waals surface area contributed by atoms with E-state index in [0.29, 0.717) is 18.5 Å². The number of hydrogen-bond donors (Lipinski definition) is 1. The van der Waals surface area contributed by atoms with Gasteiger partial charge in [0, 0.05) is 35.0 Å². The second-order valence-electron chi connectivity index (χ2n) is 4.98. The maximum atomic E-state index is 11.8. The van der Waals surface area contributed by atoms with E-state index in [2.05, 4.69) is 15.4 Å². The molecule has 1 amide bonds. The second kappa shape index (κ2) is 6.41. The van der Waals surface area contributed by atoms with Gasteiger partial charge in [-0.2, -0.15) is 16.4 Å². The minimum atomic E-state index is -0.0322. The third kappa shape index (κ3) is 3.26. The van der Waals surface area contributed by atoms with Crippen LogP contribution in [-0.2, 0) is 6.42 Å². The highest BCUT2D eigenvalue weighted by molar-refractivity contribution is 7.12. The van der Waals surface area contributed by atoms with Gasteiger partial charge in [0.25, 0.3) is 5.91 Å². The molecule has 3 heterocycles. The Bertz CT molecular complexity index is 773. The van der Waals surface area contributed by atoms with Crippen LogP contribution in [0.15, 0.2) is 28.3 Å². The maximum Gasteiger partial charge on any atom is 0.252 e. The van der Waals surface area contributed by atoms with Gasteiger partial charge in [0.05, 0.1) is 11.4 Å². The second-order valence-corrected chi connectivity index (χ2v) is 6.59. The lowest BCUT2D eigenvalue weighted by atomic mass is 10.3. The molecule has 22 heavy (non-hydrogen) atoms. The first-order valence-electron chi connectivity index (χ1n) is 6.92. The molecule has 0 aliphatic heterocycles. The zero-order valence-corrected chi connectivity index (χ0v) is 14.0. The average Bonchev–Trinajstić information content (AvgIpc) is 3.20. The topological polar surface area (TPSA) is 59.8 Å². The summed E-state index contributed by atoms with van der Waals surface area (Å²) in [7, 11) is 0. The normalized spacial score (nSPS) is 10.8. The fourth-order valence-corrected chi connectivity index (χ4v) is 3.63. The number of nitrogens with one attached hydrogen (secondary N) is 1. The van der Waals surface area contributed by atoms with Crippen LogP contribution in [0.2, 0.25) is 0 Å². The fourth-order valence-electron chi connectivity index (χ4n) is 2.13. The number of amides is 1. The van der Waals surface area contributed by atoms with Crippen molar-refractivity contribution in [1.82, 2.24) is 20.1 Å². The van der Waals surface area contributed by atoms with E-state index in [-0.39, 0.29) is 5.91 Å². The smallest absolute Gasteiger partial charge is 0.252 e. The van der Waals surface area contributed by atoms with Gasteiger partial charge in [-0.1, -0.05) is 0 Å². The predicted octanol–water partition coefficient (Wildman–Crippen LogP) is 2.98. The van der Waals surface area contributed by atoms with E-state index in [0.717, 1.165) is 22.2 Å². The Hall–Kier alpha value is -1.99. The Morgan fingerprint density at radius 1 is 1.36 bits per heavy atom. The summed E-state index contributed by atoms with van der Waals surface area (Å²) in [5, 5.41) is 14.0. The van der Waals surface area contributed by atoms with E-state index >= 15 is 0 Å². The van der Waals surface area contributed by atoms with Gasteiger partial charge >= 0.3 is 0 Å². The lowest BCUT2D eigenvalue weighted by molar-refractivity contribution is 0.0954. The molecule has 0 fully saturated rings. The molecule has 0 saturated carbocycles. The van der Waals surface area contributed by atoms with Crippen molar-refractivity contribution in [2.45, 2.75) is 20.3 Å². The minimum absolute atomic E-state index is 0.0322. The summed E-state index contributed by atoms with van der Waals surface area (Å²) in [5.74, 6) is -0.0322. The van der Waals surface area contributed by atoms with Crippen molar-refractivity contribution in [2.75, 3.05) is 6.54 Å². The zero-order chi connectivity index (χ0) is 15.5. The molecule has 0 atom stereocenters. The number of carbonyl (C=O) groups is 1. The van der Waals surface area contributed by atoms with Gasteiger partial charge in [-0.3, -0.25) is 4.79 Å². The zero-order valence-electron chi connectivity index (χ0n) is 12.4. The molecule has 3 rings (SSSR count). The highest BCUT2D eigenvalue weighted by Gasteiger charge is 2.09. The minimum Gasteiger partial charge on any atom is -0.352 e. The molecule has 0 radical (unpaired) electrons. The molecule has 0 unspecified atom stereocenters. The third-order valence-electron chi connectivity index (χ3n) is 3.18. The van der Waals surface area contributed by atoms with Crippen molar-refractivity contribution in [1.29, 1.82) is 0 Å². The lowest BCUT2D eigenvalue weighted by Crippen LogP contribution is -2.25. The molecule has 0 aromatic carbocycles. The molecule has 1 N–H and O–H groups in total. The van der Waals surface area contributed by atoms with Gasteiger partial charge in [-0.15, -0.1) is 11.3 Å². The van der Waals surface area contributed by atoms with Crippen molar-refractivity contribution >= 4 is 28.6 Å². The first-order chi connectivity index (χ1) is 10.6. The molecule has 3 aromatic rings. The molecule has 114 valence electrons. The summed E-state index contributed by atoms with van der Waals surface area (Å²) in [5.41, 5.74) is 3.74. The number of thiophene rings is 1. The Kier molecular flexibility index (Phi) is 4.35. The van der Waals surface area contributed by atoms with Crippen molar-refractivity contribution < 1.29 is 4.79 Å². The van der Waals surface area contributed by atoms with Gasteiger partial charge in [-0.25, -0.2) is 9.67 Å². The van der Waals surface area contributed by atoms with Crippen LogP contribution in [0.4, 0.5) is 0 Å². The maximum absolute atomic E-state index is 11.8. The molecule has 0 aliphatic rings. The number of hydrogen-bond acceptors (Lipinski definition) is 5. The predicted molar refractivity (Wildman–Crippen MR) is 89.1 cm³/mol. The summed E-state index contributed by atoms with van der Waals surface area (Å²) in [6, 6.07) is 3.85. The van der Waals surface area contributed by atoms with E-state index < -0.39 is 0 Å². The molecular formula is C15H16N4OS2. The number of carbonyl (C=O) groups excluding carboxylic acids is 1. The summed E-state index contributed by atoms with van der Waals surface area (Å²) in [4.78, 5) is 16.4. The molecule has 0 saturated heterocycles. The number of aryl methyl sites for hydroxylation is 2. The van der Waals surface area contributed by atoms with Crippen LogP contribution in [0.25, 0.3) is 5.13 Å². The molecule has 7 heteroatoms. The van der Waals surface area contributed by atoms with Crippen LogP contribution in [0.1, 0.15) is 27.4 Å². The van der Waals surface area contributed by atoms with Crippen LogP contribution in [0.5, 0.6) is 0 Å². The van der Waals surface area contributed by atoms with Gasteiger partial charge in [0.15, 0.2) is 0 Å². The van der Waals surface area contributed by atoms with Crippen LogP contribution >= 0.6 is 22.7 Å². The third-order valence-corrected chi connectivity index (χ3v) is 4.73. The Balaban J connectivity index is 1.58. The van der Waals surface area contributed by atoms with Crippen LogP contribution in [-0.4, -0.2) is 27.2 Å². The van der Waals surface area contributed by atoms with E-state index in [1.807, 2.05) is 46.8 Å². The SMILES string of the molecule is Cc1cc(C)n(-c2nc(CCNC(=O)c3ccsc3)cs2)n1. The fraction of sp³-hybridized carbons (Fsp3) is 0.267. The average molecular weight is 332 g/mol. The monoisotopic (exact) mass is 332 g/mol. The van der Waals surface area contributed by atoms with Crippen molar-refractivity contribution in [2.24, 2.45) is 0 Å². The van der Waals surface area contributed by atoms with Crippen molar-refractivity contribution in [3.63, 3.8) is 0 Å². The number of rotatable bonds is 5. The van der Waals surface area contributed by atoms with Gasteiger partial charge in [0.2, 0.25) is 5.13 Å². The molecule has 0 aliphatic carbocycles. The van der Waals surface area contributed by atoms with E-state index in [9.17, 15) is 4.79 Å². The van der Waals surface area contributed by atoms with E-state index in [1.54, 1.807) is 11.3 Å². The number of aromatic nitrogens is 3. The summed E-state index contributed by atoms with van der Waals surface area (Å²) >= 11 is 3.09. The molecule has 0 bridgehead atoms. The van der Waals surface area contributed by atoms with Crippen LogP contribution in [0.3, 0.4) is 0 Å². The lowest BCUT2D eigenvalue weighted by Gasteiger charge is -2.02. The largest absolute Gasteiger partial charge is 0.352 e. The standard InChI is InChI=1S/C15H16N4OS2/c1-10-7-11(2)19(18-10)15-17-13(9-22-15)3-5-16-14(20)12-4-6-21-8-12/h4,6-9H,3,5H2,1-2H3,(H,16,20). The molecule has 5 nitrogen and oxygen atoms in total. The molecule has 0 spiro atoms. The summed E-state index contributed by atoms with van der Waals surface area (Å²) < 4.78 is 1.85.